The number of benzene rings is 2. The van der Waals surface area contributed by atoms with Crippen LogP contribution in [0.1, 0.15) is 27.9 Å². The van der Waals surface area contributed by atoms with Gasteiger partial charge in [0.15, 0.2) is 0 Å². The number of rotatable bonds is 3. The summed E-state index contributed by atoms with van der Waals surface area (Å²) in [7, 11) is 0. The molecule has 0 bridgehead atoms. The molecule has 0 radical (unpaired) electrons. The molecule has 1 aliphatic heterocycles. The summed E-state index contributed by atoms with van der Waals surface area (Å²) in [5.41, 5.74) is 11.3. The Labute approximate surface area is 124 Å². The average Bonchev–Trinajstić information content (AvgIpc) is 2.47. The standard InChI is InChI=1S/C17H19N3O/c1-11-4-6-14(17(18)21)16(9-11)20-13-5-7-15-12(10-13)3-2-8-19-15/h4-7,9-10,19-20H,2-3,8H2,1H3,(H2,18,21). The lowest BCUT2D eigenvalue weighted by Gasteiger charge is -2.19. The van der Waals surface area contributed by atoms with Crippen molar-refractivity contribution in [1.82, 2.24) is 0 Å². The van der Waals surface area contributed by atoms with Crippen LogP contribution in [-0.4, -0.2) is 12.5 Å². The Balaban J connectivity index is 1.93. The van der Waals surface area contributed by atoms with Crippen LogP contribution in [0.4, 0.5) is 17.1 Å². The number of fused-ring (bicyclic) bond motifs is 1. The molecule has 108 valence electrons. The van der Waals surface area contributed by atoms with E-state index in [2.05, 4.69) is 22.8 Å². The van der Waals surface area contributed by atoms with E-state index < -0.39 is 5.91 Å². The maximum Gasteiger partial charge on any atom is 0.250 e. The van der Waals surface area contributed by atoms with E-state index >= 15 is 0 Å². The number of carbonyl (C=O) groups is 1. The van der Waals surface area contributed by atoms with Gasteiger partial charge < -0.3 is 16.4 Å². The van der Waals surface area contributed by atoms with Gasteiger partial charge in [0.05, 0.1) is 11.3 Å². The molecule has 4 N–H and O–H groups in total. The van der Waals surface area contributed by atoms with Crippen LogP contribution in [-0.2, 0) is 6.42 Å². The third-order valence-electron chi connectivity index (χ3n) is 3.76. The fraction of sp³-hybridized carbons (Fsp3) is 0.235. The van der Waals surface area contributed by atoms with Crippen molar-refractivity contribution >= 4 is 23.0 Å². The van der Waals surface area contributed by atoms with Crippen LogP contribution in [0.25, 0.3) is 0 Å². The number of primary amides is 1. The fourth-order valence-corrected chi connectivity index (χ4v) is 2.68. The van der Waals surface area contributed by atoms with Crippen molar-refractivity contribution in [1.29, 1.82) is 0 Å². The third kappa shape index (κ3) is 2.84. The molecular weight excluding hydrogens is 262 g/mol. The van der Waals surface area contributed by atoms with Gasteiger partial charge in [-0.3, -0.25) is 4.79 Å². The monoisotopic (exact) mass is 281 g/mol. The summed E-state index contributed by atoms with van der Waals surface area (Å²) in [6.07, 6.45) is 2.22. The number of hydrogen-bond acceptors (Lipinski definition) is 3. The number of hydrogen-bond donors (Lipinski definition) is 3. The molecule has 0 saturated heterocycles. The molecule has 0 aromatic heterocycles. The highest BCUT2D eigenvalue weighted by Crippen LogP contribution is 2.28. The van der Waals surface area contributed by atoms with Crippen molar-refractivity contribution in [3.8, 4) is 0 Å². The summed E-state index contributed by atoms with van der Waals surface area (Å²) in [5.74, 6) is -0.419. The molecule has 0 aliphatic carbocycles. The van der Waals surface area contributed by atoms with Gasteiger partial charge in [0.1, 0.15) is 0 Å². The molecule has 2 aromatic rings. The first-order valence-electron chi connectivity index (χ1n) is 7.18. The second-order valence-corrected chi connectivity index (χ2v) is 5.44. The predicted octanol–water partition coefficient (Wildman–Crippen LogP) is 3.20. The number of nitrogens with two attached hydrogens (primary N) is 1. The Bertz CT molecular complexity index is 694. The molecule has 1 amide bonds. The van der Waals surface area contributed by atoms with E-state index in [-0.39, 0.29) is 0 Å². The molecule has 1 aliphatic rings. The lowest BCUT2D eigenvalue weighted by molar-refractivity contribution is 0.100. The molecule has 4 heteroatoms. The predicted molar refractivity (Wildman–Crippen MR) is 86.2 cm³/mol. The van der Waals surface area contributed by atoms with Crippen LogP contribution in [0.3, 0.4) is 0 Å². The lowest BCUT2D eigenvalue weighted by Crippen LogP contribution is -2.14. The third-order valence-corrected chi connectivity index (χ3v) is 3.76. The van der Waals surface area contributed by atoms with Crippen molar-refractivity contribution < 1.29 is 4.79 Å². The van der Waals surface area contributed by atoms with Crippen LogP contribution in [0.5, 0.6) is 0 Å². The second kappa shape index (κ2) is 5.48. The van der Waals surface area contributed by atoms with Crippen LogP contribution in [0.15, 0.2) is 36.4 Å². The van der Waals surface area contributed by atoms with Gasteiger partial charge >= 0.3 is 0 Å². The SMILES string of the molecule is Cc1ccc(C(N)=O)c(Nc2ccc3c(c2)CCCN3)c1. The van der Waals surface area contributed by atoms with Crippen LogP contribution in [0, 0.1) is 6.92 Å². The largest absolute Gasteiger partial charge is 0.385 e. The maximum atomic E-state index is 11.5. The first kappa shape index (κ1) is 13.5. The molecule has 0 unspecified atom stereocenters. The molecule has 1 heterocycles. The molecule has 21 heavy (non-hydrogen) atoms. The summed E-state index contributed by atoms with van der Waals surface area (Å²) in [5, 5.41) is 6.71. The first-order chi connectivity index (χ1) is 10.1. The Hall–Kier alpha value is -2.49. The van der Waals surface area contributed by atoms with E-state index in [0.717, 1.165) is 36.3 Å². The van der Waals surface area contributed by atoms with Crippen molar-refractivity contribution in [3.05, 3.63) is 53.1 Å². The summed E-state index contributed by atoms with van der Waals surface area (Å²) >= 11 is 0. The summed E-state index contributed by atoms with van der Waals surface area (Å²) < 4.78 is 0. The molecule has 0 spiro atoms. The minimum Gasteiger partial charge on any atom is -0.385 e. The van der Waals surface area contributed by atoms with Crippen molar-refractivity contribution in [2.45, 2.75) is 19.8 Å². The van der Waals surface area contributed by atoms with Gasteiger partial charge in [0.25, 0.3) is 5.91 Å². The first-order valence-corrected chi connectivity index (χ1v) is 7.18. The zero-order chi connectivity index (χ0) is 14.8. The quantitative estimate of drug-likeness (QED) is 0.809. The second-order valence-electron chi connectivity index (χ2n) is 5.44. The topological polar surface area (TPSA) is 67.2 Å². The van der Waals surface area contributed by atoms with Gasteiger partial charge in [-0.25, -0.2) is 0 Å². The van der Waals surface area contributed by atoms with Crippen molar-refractivity contribution in [3.63, 3.8) is 0 Å². The number of nitrogens with one attached hydrogen (secondary N) is 2. The summed E-state index contributed by atoms with van der Waals surface area (Å²) in [4.78, 5) is 11.5. The Morgan fingerprint density at radius 2 is 2.10 bits per heavy atom. The van der Waals surface area contributed by atoms with Gasteiger partial charge in [0.2, 0.25) is 0 Å². The zero-order valence-electron chi connectivity index (χ0n) is 12.1. The Morgan fingerprint density at radius 3 is 2.90 bits per heavy atom. The van der Waals surface area contributed by atoms with E-state index in [4.69, 9.17) is 5.73 Å². The van der Waals surface area contributed by atoms with Crippen LogP contribution < -0.4 is 16.4 Å². The molecule has 0 atom stereocenters. The highest BCUT2D eigenvalue weighted by atomic mass is 16.1. The minimum atomic E-state index is -0.419. The maximum absolute atomic E-state index is 11.5. The number of amides is 1. The fourth-order valence-electron chi connectivity index (χ4n) is 2.68. The average molecular weight is 281 g/mol. The Morgan fingerprint density at radius 1 is 1.24 bits per heavy atom. The molecule has 0 fully saturated rings. The Kier molecular flexibility index (Phi) is 3.52. The molecule has 4 nitrogen and oxygen atoms in total. The number of aryl methyl sites for hydroxylation is 2. The molecular formula is C17H19N3O. The minimum absolute atomic E-state index is 0.419. The van der Waals surface area contributed by atoms with Gasteiger partial charge in [-0.2, -0.15) is 0 Å². The van der Waals surface area contributed by atoms with E-state index in [1.165, 1.54) is 11.3 Å². The van der Waals surface area contributed by atoms with Crippen molar-refractivity contribution in [2.75, 3.05) is 17.2 Å². The normalized spacial score (nSPS) is 13.2. The van der Waals surface area contributed by atoms with E-state index in [1.807, 2.05) is 25.1 Å². The van der Waals surface area contributed by atoms with Gasteiger partial charge in [-0.05, 0) is 61.2 Å². The summed E-state index contributed by atoms with van der Waals surface area (Å²) in [6, 6.07) is 11.8. The van der Waals surface area contributed by atoms with Crippen LogP contribution in [0.2, 0.25) is 0 Å². The van der Waals surface area contributed by atoms with Gasteiger partial charge in [-0.15, -0.1) is 0 Å². The molecule has 3 rings (SSSR count). The number of anilines is 3. The van der Waals surface area contributed by atoms with E-state index in [0.29, 0.717) is 5.56 Å². The molecule has 0 saturated carbocycles. The van der Waals surface area contributed by atoms with E-state index in [1.54, 1.807) is 6.07 Å². The smallest absolute Gasteiger partial charge is 0.250 e. The lowest BCUT2D eigenvalue weighted by atomic mass is 10.0. The number of carbonyl (C=O) groups excluding carboxylic acids is 1. The van der Waals surface area contributed by atoms with Crippen molar-refractivity contribution in [2.24, 2.45) is 5.73 Å². The highest BCUT2D eigenvalue weighted by molar-refractivity contribution is 5.99. The summed E-state index contributed by atoms with van der Waals surface area (Å²) in [6.45, 7) is 3.02. The van der Waals surface area contributed by atoms with Gasteiger partial charge in [0, 0.05) is 17.9 Å². The zero-order valence-corrected chi connectivity index (χ0v) is 12.1. The van der Waals surface area contributed by atoms with E-state index in [9.17, 15) is 4.79 Å². The molecule has 2 aromatic carbocycles. The van der Waals surface area contributed by atoms with Crippen LogP contribution >= 0.6 is 0 Å². The highest BCUT2D eigenvalue weighted by Gasteiger charge is 2.11. The van der Waals surface area contributed by atoms with Gasteiger partial charge in [-0.1, -0.05) is 6.07 Å².